The highest BCUT2D eigenvalue weighted by Crippen LogP contribution is 2.20. The SMILES string of the molecule is CCOC(=O)CCCS(=O)(=O)c1cccc(C#N)c1C#N. The number of nitriles is 2. The minimum atomic E-state index is -3.73. The first kappa shape index (κ1) is 16.7. The van der Waals surface area contributed by atoms with Gasteiger partial charge in [-0.15, -0.1) is 0 Å². The summed E-state index contributed by atoms with van der Waals surface area (Å²) in [6.45, 7) is 1.91. The molecule has 0 aliphatic carbocycles. The van der Waals surface area contributed by atoms with Gasteiger partial charge in [-0.05, 0) is 25.5 Å². The molecule has 0 fully saturated rings. The molecule has 6 nitrogen and oxygen atoms in total. The summed E-state index contributed by atoms with van der Waals surface area (Å²) in [5.74, 6) is -0.742. The van der Waals surface area contributed by atoms with Crippen molar-refractivity contribution >= 4 is 15.8 Å². The lowest BCUT2D eigenvalue weighted by molar-refractivity contribution is -0.143. The van der Waals surface area contributed by atoms with Crippen molar-refractivity contribution < 1.29 is 17.9 Å². The van der Waals surface area contributed by atoms with E-state index < -0.39 is 15.8 Å². The molecule has 0 bridgehead atoms. The van der Waals surface area contributed by atoms with Crippen LogP contribution >= 0.6 is 0 Å². The van der Waals surface area contributed by atoms with Crippen LogP contribution in [0.1, 0.15) is 30.9 Å². The number of rotatable bonds is 6. The Morgan fingerprint density at radius 2 is 2.00 bits per heavy atom. The lowest BCUT2D eigenvalue weighted by atomic mass is 10.1. The Morgan fingerprint density at radius 3 is 2.57 bits per heavy atom. The largest absolute Gasteiger partial charge is 0.466 e. The average molecular weight is 306 g/mol. The van der Waals surface area contributed by atoms with Crippen LogP contribution in [-0.2, 0) is 19.4 Å². The van der Waals surface area contributed by atoms with Crippen LogP contribution in [0.15, 0.2) is 23.1 Å². The molecule has 1 rings (SSSR count). The van der Waals surface area contributed by atoms with Crippen molar-refractivity contribution in [2.45, 2.75) is 24.7 Å². The summed E-state index contributed by atoms with van der Waals surface area (Å²) < 4.78 is 29.1. The number of sulfone groups is 1. The van der Waals surface area contributed by atoms with E-state index in [-0.39, 0.29) is 41.2 Å². The summed E-state index contributed by atoms with van der Waals surface area (Å²) in [5.41, 5.74) is -0.139. The van der Waals surface area contributed by atoms with Gasteiger partial charge in [0, 0.05) is 6.42 Å². The van der Waals surface area contributed by atoms with E-state index in [1.165, 1.54) is 18.2 Å². The Labute approximate surface area is 123 Å². The van der Waals surface area contributed by atoms with Crippen molar-refractivity contribution in [1.29, 1.82) is 10.5 Å². The van der Waals surface area contributed by atoms with Crippen LogP contribution < -0.4 is 0 Å². The van der Waals surface area contributed by atoms with Crippen molar-refractivity contribution in [3.63, 3.8) is 0 Å². The minimum absolute atomic E-state index is 0.00705. The molecular weight excluding hydrogens is 292 g/mol. The maximum atomic E-state index is 12.2. The minimum Gasteiger partial charge on any atom is -0.466 e. The number of esters is 1. The Kier molecular flexibility index (Phi) is 5.89. The van der Waals surface area contributed by atoms with Crippen molar-refractivity contribution in [3.8, 4) is 12.1 Å². The predicted octanol–water partition coefficient (Wildman–Crippen LogP) is 1.55. The molecule has 0 N–H and O–H groups in total. The lowest BCUT2D eigenvalue weighted by Crippen LogP contribution is -2.12. The summed E-state index contributed by atoms with van der Waals surface area (Å²) in [6, 6.07) is 7.63. The molecule has 0 aromatic heterocycles. The van der Waals surface area contributed by atoms with E-state index in [2.05, 4.69) is 0 Å². The predicted molar refractivity (Wildman–Crippen MR) is 73.8 cm³/mol. The van der Waals surface area contributed by atoms with Gasteiger partial charge in [0.2, 0.25) is 0 Å². The van der Waals surface area contributed by atoms with Gasteiger partial charge >= 0.3 is 5.97 Å². The maximum absolute atomic E-state index is 12.2. The van der Waals surface area contributed by atoms with Crippen molar-refractivity contribution in [3.05, 3.63) is 29.3 Å². The highest BCUT2D eigenvalue weighted by atomic mass is 32.2. The topological polar surface area (TPSA) is 108 Å². The van der Waals surface area contributed by atoms with E-state index in [4.69, 9.17) is 15.3 Å². The quantitative estimate of drug-likeness (QED) is 0.738. The number of hydrogen-bond acceptors (Lipinski definition) is 6. The first-order valence-electron chi connectivity index (χ1n) is 6.27. The fraction of sp³-hybridized carbons (Fsp3) is 0.357. The van der Waals surface area contributed by atoms with E-state index in [1.807, 2.05) is 0 Å². The molecule has 7 heteroatoms. The van der Waals surface area contributed by atoms with E-state index in [9.17, 15) is 13.2 Å². The molecule has 0 spiro atoms. The molecule has 21 heavy (non-hydrogen) atoms. The van der Waals surface area contributed by atoms with Crippen LogP contribution in [0.2, 0.25) is 0 Å². The number of hydrogen-bond donors (Lipinski definition) is 0. The average Bonchev–Trinajstić information content (AvgIpc) is 2.46. The summed E-state index contributed by atoms with van der Waals surface area (Å²) in [7, 11) is -3.73. The summed E-state index contributed by atoms with van der Waals surface area (Å²) in [6.07, 6.45) is 0.0930. The molecule has 0 radical (unpaired) electrons. The van der Waals surface area contributed by atoms with Gasteiger partial charge < -0.3 is 4.74 Å². The summed E-state index contributed by atoms with van der Waals surface area (Å²) in [4.78, 5) is 11.0. The molecule has 0 aliphatic heterocycles. The van der Waals surface area contributed by atoms with E-state index >= 15 is 0 Å². The third-order valence-electron chi connectivity index (χ3n) is 2.69. The fourth-order valence-electron chi connectivity index (χ4n) is 1.75. The highest BCUT2D eigenvalue weighted by Gasteiger charge is 2.21. The Morgan fingerprint density at radius 1 is 1.29 bits per heavy atom. The van der Waals surface area contributed by atoms with Crippen LogP contribution in [0.25, 0.3) is 0 Å². The summed E-state index contributed by atoms with van der Waals surface area (Å²) >= 11 is 0. The number of nitrogens with zero attached hydrogens (tertiary/aromatic N) is 2. The number of benzene rings is 1. The van der Waals surface area contributed by atoms with Gasteiger partial charge in [0.15, 0.2) is 9.84 Å². The molecule has 0 heterocycles. The van der Waals surface area contributed by atoms with Gasteiger partial charge in [-0.3, -0.25) is 4.79 Å². The number of carbonyl (C=O) groups excluding carboxylic acids is 1. The van der Waals surface area contributed by atoms with Crippen LogP contribution in [0, 0.1) is 22.7 Å². The maximum Gasteiger partial charge on any atom is 0.305 e. The zero-order valence-corrected chi connectivity index (χ0v) is 12.3. The first-order chi connectivity index (χ1) is 9.96. The van der Waals surface area contributed by atoms with Crippen LogP contribution in [-0.4, -0.2) is 26.7 Å². The van der Waals surface area contributed by atoms with E-state index in [1.54, 1.807) is 19.1 Å². The normalized spacial score (nSPS) is 10.4. The van der Waals surface area contributed by atoms with Gasteiger partial charge in [-0.1, -0.05) is 6.07 Å². The Bertz CT molecular complexity index is 711. The highest BCUT2D eigenvalue weighted by molar-refractivity contribution is 7.91. The molecular formula is C14H14N2O4S. The van der Waals surface area contributed by atoms with Gasteiger partial charge in [0.25, 0.3) is 0 Å². The third kappa shape index (κ3) is 4.30. The zero-order valence-electron chi connectivity index (χ0n) is 11.5. The second-order valence-electron chi connectivity index (χ2n) is 4.13. The van der Waals surface area contributed by atoms with E-state index in [0.29, 0.717) is 0 Å². The first-order valence-corrected chi connectivity index (χ1v) is 7.93. The molecule has 1 aromatic carbocycles. The Hall–Kier alpha value is -2.38. The van der Waals surface area contributed by atoms with Gasteiger partial charge in [0.05, 0.1) is 28.4 Å². The number of carbonyl (C=O) groups is 1. The van der Waals surface area contributed by atoms with Crippen molar-refractivity contribution in [1.82, 2.24) is 0 Å². The van der Waals surface area contributed by atoms with Crippen LogP contribution in [0.4, 0.5) is 0 Å². The second-order valence-corrected chi connectivity index (χ2v) is 6.21. The molecule has 0 amide bonds. The fourth-order valence-corrected chi connectivity index (χ4v) is 3.25. The van der Waals surface area contributed by atoms with E-state index in [0.717, 1.165) is 0 Å². The second kappa shape index (κ2) is 7.41. The monoisotopic (exact) mass is 306 g/mol. The van der Waals surface area contributed by atoms with Crippen molar-refractivity contribution in [2.75, 3.05) is 12.4 Å². The van der Waals surface area contributed by atoms with Gasteiger partial charge in [0.1, 0.15) is 12.1 Å². The summed E-state index contributed by atoms with van der Waals surface area (Å²) in [5, 5.41) is 17.9. The molecule has 0 saturated heterocycles. The lowest BCUT2D eigenvalue weighted by Gasteiger charge is -2.07. The third-order valence-corrected chi connectivity index (χ3v) is 4.53. The van der Waals surface area contributed by atoms with Gasteiger partial charge in [-0.2, -0.15) is 10.5 Å². The molecule has 0 saturated carbocycles. The number of ether oxygens (including phenoxy) is 1. The van der Waals surface area contributed by atoms with Crippen molar-refractivity contribution in [2.24, 2.45) is 0 Å². The smallest absolute Gasteiger partial charge is 0.305 e. The van der Waals surface area contributed by atoms with Crippen LogP contribution in [0.5, 0.6) is 0 Å². The molecule has 0 unspecified atom stereocenters. The molecule has 1 aromatic rings. The molecule has 0 atom stereocenters. The molecule has 0 aliphatic rings. The zero-order chi connectivity index (χ0) is 15.9. The standard InChI is InChI=1S/C14H14N2O4S/c1-2-20-14(17)7-4-8-21(18,19)13-6-3-5-11(9-15)12(13)10-16/h3,5-6H,2,4,7-8H2,1H3. The Balaban J connectivity index is 2.93. The molecule has 110 valence electrons. The van der Waals surface area contributed by atoms with Gasteiger partial charge in [-0.25, -0.2) is 8.42 Å². The van der Waals surface area contributed by atoms with Crippen LogP contribution in [0.3, 0.4) is 0 Å².